The monoisotopic (exact) mass is 1030 g/mol. The Morgan fingerprint density at radius 3 is 1.19 bits per heavy atom. The van der Waals surface area contributed by atoms with Crippen molar-refractivity contribution in [3.05, 3.63) is 60.8 Å². The van der Waals surface area contributed by atoms with Gasteiger partial charge in [-0.2, -0.15) is 0 Å². The lowest BCUT2D eigenvalue weighted by molar-refractivity contribution is -0.870. The number of hydrogen-bond donors (Lipinski definition) is 1. The Bertz CT molecular complexity index is 1400. The first-order valence-electron chi connectivity index (χ1n) is 30.0. The normalized spacial score (nSPS) is 13.7. The molecular weight excluding hydrogens is 918 g/mol. The molecule has 9 nitrogen and oxygen atoms in total. The number of allylic oxidation sites excluding steroid dienone is 10. The van der Waals surface area contributed by atoms with Crippen molar-refractivity contribution in [1.82, 2.24) is 0 Å². The van der Waals surface area contributed by atoms with Crippen LogP contribution in [0, 0.1) is 0 Å². The fourth-order valence-corrected chi connectivity index (χ4v) is 9.16. The second kappa shape index (κ2) is 53.5. The quantitative estimate of drug-likeness (QED) is 0.0211. The SMILES string of the molecule is CC/C=C\C/C=C\C/C=C\C/C=C\CCCCCCCCC(=O)OC(COC(=O)CCCCCCCCCCCCCCCCCCC/C=C\CCCCCCCCCC)COP(=O)(O)OCC[N+](C)(C)C. The molecule has 0 aliphatic carbocycles. The zero-order valence-electron chi connectivity index (χ0n) is 47.7. The van der Waals surface area contributed by atoms with E-state index in [-0.39, 0.29) is 32.0 Å². The first kappa shape index (κ1) is 69.7. The van der Waals surface area contributed by atoms with Gasteiger partial charge >= 0.3 is 19.8 Å². The molecule has 0 aromatic carbocycles. The van der Waals surface area contributed by atoms with Gasteiger partial charge in [-0.1, -0.05) is 242 Å². The van der Waals surface area contributed by atoms with Crippen molar-refractivity contribution in [2.45, 2.75) is 277 Å². The number of quaternary nitrogens is 1. The third-order valence-corrected chi connectivity index (χ3v) is 14.0. The van der Waals surface area contributed by atoms with E-state index in [1.807, 2.05) is 21.1 Å². The summed E-state index contributed by atoms with van der Waals surface area (Å²) < 4.78 is 34.6. The van der Waals surface area contributed by atoms with Crippen molar-refractivity contribution < 1.29 is 42.1 Å². The van der Waals surface area contributed by atoms with Crippen molar-refractivity contribution in [1.29, 1.82) is 0 Å². The Morgan fingerprint density at radius 1 is 0.444 bits per heavy atom. The van der Waals surface area contributed by atoms with E-state index in [4.69, 9.17) is 18.5 Å². The summed E-state index contributed by atoms with van der Waals surface area (Å²) in [4.78, 5) is 35.7. The fourth-order valence-electron chi connectivity index (χ4n) is 8.41. The van der Waals surface area contributed by atoms with Gasteiger partial charge in [-0.25, -0.2) is 4.57 Å². The summed E-state index contributed by atoms with van der Waals surface area (Å²) >= 11 is 0. The summed E-state index contributed by atoms with van der Waals surface area (Å²) in [5.74, 6) is -0.806. The fraction of sp³-hybridized carbons (Fsp3) is 0.806. The van der Waals surface area contributed by atoms with Gasteiger partial charge in [-0.15, -0.1) is 0 Å². The van der Waals surface area contributed by atoms with E-state index in [1.54, 1.807) is 0 Å². The molecule has 0 bridgehead atoms. The van der Waals surface area contributed by atoms with E-state index in [9.17, 15) is 19.0 Å². The number of unbranched alkanes of at least 4 members (excludes halogenated alkanes) is 31. The maximum atomic E-state index is 12.8. The molecule has 0 aromatic heterocycles. The van der Waals surface area contributed by atoms with Gasteiger partial charge < -0.3 is 18.9 Å². The Balaban J connectivity index is 4.09. The van der Waals surface area contributed by atoms with Gasteiger partial charge in [0, 0.05) is 12.8 Å². The molecule has 0 aliphatic rings. The van der Waals surface area contributed by atoms with Crippen molar-refractivity contribution in [2.24, 2.45) is 0 Å². The van der Waals surface area contributed by atoms with E-state index in [0.29, 0.717) is 17.4 Å². The van der Waals surface area contributed by atoms with E-state index >= 15 is 0 Å². The number of esters is 2. The highest BCUT2D eigenvalue weighted by atomic mass is 31.2. The summed E-state index contributed by atoms with van der Waals surface area (Å²) in [6, 6.07) is 0. The molecule has 0 saturated heterocycles. The maximum Gasteiger partial charge on any atom is 0.472 e. The molecule has 0 aromatic rings. The van der Waals surface area contributed by atoms with Crippen LogP contribution in [0.25, 0.3) is 0 Å². The molecule has 2 atom stereocenters. The second-order valence-electron chi connectivity index (χ2n) is 21.4. The van der Waals surface area contributed by atoms with Gasteiger partial charge in [0.15, 0.2) is 6.10 Å². The minimum absolute atomic E-state index is 0.0275. The van der Waals surface area contributed by atoms with E-state index in [1.165, 1.54) is 154 Å². The van der Waals surface area contributed by atoms with Crippen LogP contribution in [-0.2, 0) is 32.7 Å². The van der Waals surface area contributed by atoms with Gasteiger partial charge in [0.25, 0.3) is 0 Å². The largest absolute Gasteiger partial charge is 0.472 e. The Kier molecular flexibility index (Phi) is 51.8. The number of rotatable bonds is 55. The van der Waals surface area contributed by atoms with Gasteiger partial charge in [0.2, 0.25) is 0 Å². The minimum atomic E-state index is -4.39. The third-order valence-electron chi connectivity index (χ3n) is 13.0. The van der Waals surface area contributed by atoms with Crippen LogP contribution < -0.4 is 0 Å². The number of carbonyl (C=O) groups is 2. The highest BCUT2D eigenvalue weighted by Gasteiger charge is 2.27. The summed E-state index contributed by atoms with van der Waals surface area (Å²) in [6.07, 6.45) is 68.7. The number of phosphoric ester groups is 1. The molecule has 1 N–H and O–H groups in total. The summed E-state index contributed by atoms with van der Waals surface area (Å²) in [5, 5.41) is 0. The third kappa shape index (κ3) is 57.0. The van der Waals surface area contributed by atoms with Crippen LogP contribution in [0.3, 0.4) is 0 Å². The second-order valence-corrected chi connectivity index (χ2v) is 22.8. The number of carbonyl (C=O) groups excluding carboxylic acids is 2. The lowest BCUT2D eigenvalue weighted by Gasteiger charge is -2.24. The first-order valence-corrected chi connectivity index (χ1v) is 31.5. The lowest BCUT2D eigenvalue weighted by atomic mass is 10.0. The number of phosphoric acid groups is 1. The van der Waals surface area contributed by atoms with Gasteiger partial charge in [0.1, 0.15) is 19.8 Å². The summed E-state index contributed by atoms with van der Waals surface area (Å²) in [5.41, 5.74) is 0. The average molecular weight is 1030 g/mol. The summed E-state index contributed by atoms with van der Waals surface area (Å²) in [7, 11) is 1.47. The highest BCUT2D eigenvalue weighted by molar-refractivity contribution is 7.47. The van der Waals surface area contributed by atoms with Crippen LogP contribution in [0.15, 0.2) is 60.8 Å². The van der Waals surface area contributed by atoms with Crippen LogP contribution in [0.5, 0.6) is 0 Å². The van der Waals surface area contributed by atoms with Crippen LogP contribution >= 0.6 is 7.82 Å². The number of nitrogens with zero attached hydrogens (tertiary/aromatic N) is 1. The average Bonchev–Trinajstić information content (AvgIpc) is 3.34. The molecule has 10 heteroatoms. The molecule has 0 fully saturated rings. The standard InChI is InChI=1S/C62H114NO8P/c1-6-8-10-12-14-16-18-20-22-24-26-27-28-29-30-31-32-33-34-35-37-38-40-42-44-46-48-50-52-54-61(64)68-58-60(59-70-72(66,67)69-57-56-63(3,4)5)71-62(65)55-53-51-49-47-45-43-41-39-36-25-23-21-19-17-15-13-11-9-7-2/h9,11,15,17,21,23-24,26,36,39,60H,6-8,10,12-14,16,18-20,22,25,27-35,37-38,40-59H2,1-5H3/p+1/b11-9-,17-15-,23-21-,26-24-,39-36-. The molecule has 0 rings (SSSR count). The zero-order chi connectivity index (χ0) is 52.7. The van der Waals surface area contributed by atoms with Crippen LogP contribution in [0.2, 0.25) is 0 Å². The topological polar surface area (TPSA) is 108 Å². The van der Waals surface area contributed by atoms with Gasteiger partial charge in [-0.3, -0.25) is 18.6 Å². The van der Waals surface area contributed by atoms with Crippen LogP contribution in [0.4, 0.5) is 0 Å². The molecule has 0 spiro atoms. The smallest absolute Gasteiger partial charge is 0.462 e. The molecule has 0 heterocycles. The van der Waals surface area contributed by atoms with E-state index in [2.05, 4.69) is 74.6 Å². The van der Waals surface area contributed by atoms with Crippen LogP contribution in [-0.4, -0.2) is 74.9 Å². The van der Waals surface area contributed by atoms with Gasteiger partial charge in [-0.05, 0) is 77.0 Å². The van der Waals surface area contributed by atoms with Gasteiger partial charge in [0.05, 0.1) is 27.7 Å². The highest BCUT2D eigenvalue weighted by Crippen LogP contribution is 2.43. The molecule has 0 aliphatic heterocycles. The van der Waals surface area contributed by atoms with Crippen molar-refractivity contribution in [3.8, 4) is 0 Å². The molecule has 72 heavy (non-hydrogen) atoms. The maximum absolute atomic E-state index is 12.8. The molecule has 0 amide bonds. The number of ether oxygens (including phenoxy) is 2. The molecule has 0 saturated carbocycles. The molecule has 0 radical (unpaired) electrons. The number of hydrogen-bond acceptors (Lipinski definition) is 7. The molecule has 2 unspecified atom stereocenters. The molecular formula is C62H115NO8P+. The summed E-state index contributed by atoms with van der Waals surface area (Å²) in [6.45, 7) is 4.33. The van der Waals surface area contributed by atoms with E-state index in [0.717, 1.165) is 83.5 Å². The zero-order valence-corrected chi connectivity index (χ0v) is 48.6. The Hall–Kier alpha value is -2.29. The Labute approximate surface area is 445 Å². The first-order chi connectivity index (χ1) is 35.0. The molecule has 420 valence electrons. The predicted octanol–water partition coefficient (Wildman–Crippen LogP) is 18.7. The minimum Gasteiger partial charge on any atom is -0.462 e. The predicted molar refractivity (Wildman–Crippen MR) is 307 cm³/mol. The van der Waals surface area contributed by atoms with E-state index < -0.39 is 26.5 Å². The lowest BCUT2D eigenvalue weighted by Crippen LogP contribution is -2.37. The number of likely N-dealkylation sites (N-methyl/N-ethyl adjacent to an activating group) is 1. The van der Waals surface area contributed by atoms with Crippen LogP contribution in [0.1, 0.15) is 271 Å². The van der Waals surface area contributed by atoms with Crippen molar-refractivity contribution in [3.63, 3.8) is 0 Å². The Morgan fingerprint density at radius 2 is 0.792 bits per heavy atom. The van der Waals surface area contributed by atoms with Crippen molar-refractivity contribution in [2.75, 3.05) is 47.5 Å². The van der Waals surface area contributed by atoms with Crippen molar-refractivity contribution >= 4 is 19.8 Å².